The van der Waals surface area contributed by atoms with Crippen LogP contribution >= 0.6 is 0 Å². The summed E-state index contributed by atoms with van der Waals surface area (Å²) in [6.07, 6.45) is 2.50. The number of carboxylic acid groups (broad SMARTS) is 1. The number of aromatic nitrogens is 2. The maximum absolute atomic E-state index is 12.7. The van der Waals surface area contributed by atoms with E-state index in [0.717, 1.165) is 10.1 Å². The molecule has 1 atom stereocenters. The van der Waals surface area contributed by atoms with Crippen LogP contribution in [0.25, 0.3) is 0 Å². The first kappa shape index (κ1) is 18.1. The van der Waals surface area contributed by atoms with Crippen LogP contribution in [0.1, 0.15) is 22.0 Å². The molecule has 2 N–H and O–H groups in total. The summed E-state index contributed by atoms with van der Waals surface area (Å²) in [4.78, 5) is 40.6. The lowest BCUT2D eigenvalue weighted by Gasteiger charge is -2.16. The highest BCUT2D eigenvalue weighted by Crippen LogP contribution is 2.14. The molecule has 3 aromatic rings. The first-order valence-corrected chi connectivity index (χ1v) is 8.25. The number of amides is 1. The van der Waals surface area contributed by atoms with Gasteiger partial charge in [-0.1, -0.05) is 48.5 Å². The van der Waals surface area contributed by atoms with Gasteiger partial charge in [0.2, 0.25) is 0 Å². The van der Waals surface area contributed by atoms with Gasteiger partial charge in [-0.15, -0.1) is 0 Å². The monoisotopic (exact) mass is 363 g/mol. The Morgan fingerprint density at radius 1 is 1.04 bits per heavy atom. The molecule has 0 saturated heterocycles. The summed E-state index contributed by atoms with van der Waals surface area (Å²) in [5, 5.41) is 12.1. The number of benzene rings is 2. The van der Waals surface area contributed by atoms with Crippen LogP contribution in [0.15, 0.2) is 78.0 Å². The SMILES string of the molecule is O=C(Nc1cncn(C(Cc2ccccc2)C(=O)O)c1=O)c1ccccc1. The summed E-state index contributed by atoms with van der Waals surface area (Å²) in [6.45, 7) is 0. The molecule has 0 fully saturated rings. The van der Waals surface area contributed by atoms with E-state index in [4.69, 9.17) is 0 Å². The Morgan fingerprint density at radius 2 is 1.67 bits per heavy atom. The average Bonchev–Trinajstić information content (AvgIpc) is 2.69. The van der Waals surface area contributed by atoms with Crippen molar-refractivity contribution in [2.24, 2.45) is 0 Å². The van der Waals surface area contributed by atoms with Gasteiger partial charge in [0.25, 0.3) is 11.5 Å². The standard InChI is InChI=1S/C20H17N3O4/c24-18(15-9-5-2-6-10-15)22-16-12-21-13-23(19(16)25)17(20(26)27)11-14-7-3-1-4-8-14/h1-10,12-13,17H,11H2,(H,22,24)(H,26,27). The van der Waals surface area contributed by atoms with Gasteiger partial charge >= 0.3 is 5.97 Å². The largest absolute Gasteiger partial charge is 0.480 e. The van der Waals surface area contributed by atoms with Crippen LogP contribution < -0.4 is 10.9 Å². The van der Waals surface area contributed by atoms with Gasteiger partial charge in [0, 0.05) is 12.0 Å². The molecule has 7 nitrogen and oxygen atoms in total. The first-order chi connectivity index (χ1) is 13.1. The van der Waals surface area contributed by atoms with Crippen molar-refractivity contribution in [3.05, 3.63) is 94.7 Å². The summed E-state index contributed by atoms with van der Waals surface area (Å²) < 4.78 is 1.02. The lowest BCUT2D eigenvalue weighted by molar-refractivity contribution is -0.141. The van der Waals surface area contributed by atoms with E-state index >= 15 is 0 Å². The van der Waals surface area contributed by atoms with Gasteiger partial charge in [0.15, 0.2) is 0 Å². The van der Waals surface area contributed by atoms with Crippen molar-refractivity contribution in [3.63, 3.8) is 0 Å². The second kappa shape index (κ2) is 8.09. The quantitative estimate of drug-likeness (QED) is 0.700. The topological polar surface area (TPSA) is 101 Å². The third-order valence-electron chi connectivity index (χ3n) is 4.04. The van der Waals surface area contributed by atoms with Gasteiger partial charge in [-0.05, 0) is 17.7 Å². The fourth-order valence-electron chi connectivity index (χ4n) is 2.66. The third-order valence-corrected chi connectivity index (χ3v) is 4.04. The van der Waals surface area contributed by atoms with Gasteiger partial charge in [-0.25, -0.2) is 9.78 Å². The van der Waals surface area contributed by atoms with Crippen LogP contribution in [0.4, 0.5) is 5.69 Å². The van der Waals surface area contributed by atoms with E-state index in [9.17, 15) is 19.5 Å². The maximum atomic E-state index is 12.7. The molecule has 0 aliphatic carbocycles. The van der Waals surface area contributed by atoms with Gasteiger partial charge in [-0.3, -0.25) is 14.2 Å². The molecule has 3 rings (SSSR count). The van der Waals surface area contributed by atoms with Crippen LogP contribution in [-0.4, -0.2) is 26.5 Å². The molecule has 0 bridgehead atoms. The van der Waals surface area contributed by atoms with E-state index < -0.39 is 23.5 Å². The van der Waals surface area contributed by atoms with Crippen molar-refractivity contribution in [1.29, 1.82) is 0 Å². The zero-order chi connectivity index (χ0) is 19.2. The molecule has 1 amide bonds. The smallest absolute Gasteiger partial charge is 0.327 e. The molecule has 0 saturated carbocycles. The van der Waals surface area contributed by atoms with Gasteiger partial charge in [0.1, 0.15) is 11.7 Å². The number of rotatable bonds is 6. The third kappa shape index (κ3) is 4.27. The van der Waals surface area contributed by atoms with Crippen molar-refractivity contribution < 1.29 is 14.7 Å². The van der Waals surface area contributed by atoms with Crippen molar-refractivity contribution in [2.45, 2.75) is 12.5 Å². The zero-order valence-corrected chi connectivity index (χ0v) is 14.3. The van der Waals surface area contributed by atoms with Crippen LogP contribution in [0, 0.1) is 0 Å². The van der Waals surface area contributed by atoms with E-state index in [0.29, 0.717) is 5.56 Å². The lowest BCUT2D eigenvalue weighted by Crippen LogP contribution is -2.33. The molecule has 7 heteroatoms. The van der Waals surface area contributed by atoms with E-state index in [1.165, 1.54) is 12.5 Å². The molecular weight excluding hydrogens is 346 g/mol. The molecule has 27 heavy (non-hydrogen) atoms. The Hall–Kier alpha value is -3.74. The molecule has 0 aliphatic heterocycles. The van der Waals surface area contributed by atoms with Crippen LogP contribution in [0.3, 0.4) is 0 Å². The normalized spacial score (nSPS) is 11.6. The van der Waals surface area contributed by atoms with E-state index in [-0.39, 0.29) is 12.1 Å². The van der Waals surface area contributed by atoms with E-state index in [2.05, 4.69) is 10.3 Å². The number of anilines is 1. The molecule has 136 valence electrons. The van der Waals surface area contributed by atoms with Gasteiger partial charge in [0.05, 0.1) is 12.5 Å². The number of carboxylic acids is 1. The Morgan fingerprint density at radius 3 is 2.30 bits per heavy atom. The number of aliphatic carboxylic acids is 1. The highest BCUT2D eigenvalue weighted by molar-refractivity contribution is 6.04. The highest BCUT2D eigenvalue weighted by Gasteiger charge is 2.23. The minimum atomic E-state index is -1.16. The zero-order valence-electron chi connectivity index (χ0n) is 14.3. The predicted molar refractivity (Wildman–Crippen MR) is 99.7 cm³/mol. The number of nitrogens with one attached hydrogen (secondary N) is 1. The molecule has 1 aromatic heterocycles. The van der Waals surface area contributed by atoms with Crippen LogP contribution in [0.2, 0.25) is 0 Å². The fraction of sp³-hybridized carbons (Fsp3) is 0.100. The summed E-state index contributed by atoms with van der Waals surface area (Å²) in [6, 6.07) is 16.3. The van der Waals surface area contributed by atoms with Gasteiger partial charge < -0.3 is 10.4 Å². The second-order valence-electron chi connectivity index (χ2n) is 5.88. The average molecular weight is 363 g/mol. The Kier molecular flexibility index (Phi) is 5.41. The molecule has 0 radical (unpaired) electrons. The highest BCUT2D eigenvalue weighted by atomic mass is 16.4. The molecule has 0 aliphatic rings. The van der Waals surface area contributed by atoms with Crippen molar-refractivity contribution >= 4 is 17.6 Å². The molecule has 1 heterocycles. The Labute approximate surface area is 154 Å². The van der Waals surface area contributed by atoms with E-state index in [1.54, 1.807) is 54.6 Å². The lowest BCUT2D eigenvalue weighted by atomic mass is 10.1. The second-order valence-corrected chi connectivity index (χ2v) is 5.88. The Balaban J connectivity index is 1.89. The van der Waals surface area contributed by atoms with Gasteiger partial charge in [-0.2, -0.15) is 0 Å². The van der Waals surface area contributed by atoms with Crippen molar-refractivity contribution in [3.8, 4) is 0 Å². The molecule has 0 spiro atoms. The fourth-order valence-corrected chi connectivity index (χ4v) is 2.66. The van der Waals surface area contributed by atoms with Crippen LogP contribution in [-0.2, 0) is 11.2 Å². The summed E-state index contributed by atoms with van der Waals surface area (Å²) in [7, 11) is 0. The maximum Gasteiger partial charge on any atom is 0.327 e. The molecular formula is C20H17N3O4. The van der Waals surface area contributed by atoms with E-state index in [1.807, 2.05) is 6.07 Å². The van der Waals surface area contributed by atoms with Crippen molar-refractivity contribution in [2.75, 3.05) is 5.32 Å². The number of carbonyl (C=O) groups is 2. The number of carbonyl (C=O) groups excluding carboxylic acids is 1. The minimum absolute atomic E-state index is 0.0781. The predicted octanol–water partition coefficient (Wildman–Crippen LogP) is 2.36. The summed E-state index contributed by atoms with van der Waals surface area (Å²) in [5.74, 6) is -1.63. The molecule has 2 aromatic carbocycles. The number of nitrogens with zero attached hydrogens (tertiary/aromatic N) is 2. The summed E-state index contributed by atoms with van der Waals surface area (Å²) in [5.41, 5.74) is 0.449. The first-order valence-electron chi connectivity index (χ1n) is 8.25. The van der Waals surface area contributed by atoms with Crippen molar-refractivity contribution in [1.82, 2.24) is 9.55 Å². The minimum Gasteiger partial charge on any atom is -0.480 e. The summed E-state index contributed by atoms with van der Waals surface area (Å²) >= 11 is 0. The van der Waals surface area contributed by atoms with Crippen LogP contribution in [0.5, 0.6) is 0 Å². The Bertz CT molecular complexity index is 1000. The number of hydrogen-bond donors (Lipinski definition) is 2. The number of hydrogen-bond acceptors (Lipinski definition) is 4. The molecule has 1 unspecified atom stereocenters.